The lowest BCUT2D eigenvalue weighted by molar-refractivity contribution is -0.139. The fourth-order valence-corrected chi connectivity index (χ4v) is 1.41. The van der Waals surface area contributed by atoms with Gasteiger partial charge in [0, 0.05) is 12.1 Å². The third-order valence-electron chi connectivity index (χ3n) is 2.36. The number of hydrogen-bond donors (Lipinski definition) is 3. The maximum absolute atomic E-state index is 11.5. The number of carbonyl (C=O) groups is 2. The number of rotatable bonds is 6. The van der Waals surface area contributed by atoms with E-state index >= 15 is 0 Å². The van der Waals surface area contributed by atoms with Crippen LogP contribution in [0.15, 0.2) is 30.3 Å². The van der Waals surface area contributed by atoms with Gasteiger partial charge in [0.05, 0.1) is 0 Å². The zero-order chi connectivity index (χ0) is 12.7. The lowest BCUT2D eigenvalue weighted by Gasteiger charge is -2.10. The molecule has 1 aromatic rings. The molecule has 0 saturated heterocycles. The molecule has 1 aromatic carbocycles. The number of amides is 1. The molecule has 6 heteroatoms. The van der Waals surface area contributed by atoms with Gasteiger partial charge in [0.15, 0.2) is 0 Å². The summed E-state index contributed by atoms with van der Waals surface area (Å²) >= 11 is 0. The van der Waals surface area contributed by atoms with Gasteiger partial charge in [-0.05, 0) is 25.6 Å². The molecule has 0 saturated carbocycles. The van der Waals surface area contributed by atoms with Crippen LogP contribution in [0, 0.1) is 0 Å². The minimum atomic E-state index is -0.944. The highest BCUT2D eigenvalue weighted by Gasteiger charge is 2.16. The predicted molar refractivity (Wildman–Crippen MR) is 72.0 cm³/mol. The molecule has 0 heterocycles. The molecule has 1 rings (SSSR count). The number of carboxylic acids is 1. The van der Waals surface area contributed by atoms with Gasteiger partial charge >= 0.3 is 5.97 Å². The summed E-state index contributed by atoms with van der Waals surface area (Å²) in [4.78, 5) is 22.2. The van der Waals surface area contributed by atoms with Gasteiger partial charge in [-0.15, -0.1) is 12.4 Å². The van der Waals surface area contributed by atoms with Crippen LogP contribution in [0.25, 0.3) is 0 Å². The van der Waals surface area contributed by atoms with E-state index in [0.717, 1.165) is 0 Å². The summed E-state index contributed by atoms with van der Waals surface area (Å²) in [6, 6.07) is 8.38. The predicted octanol–water partition coefficient (Wildman–Crippen LogP) is 1.50. The highest BCUT2D eigenvalue weighted by molar-refractivity contribution is 5.91. The third-order valence-corrected chi connectivity index (χ3v) is 2.36. The molecule has 0 radical (unpaired) electrons. The lowest BCUT2D eigenvalue weighted by Crippen LogP contribution is -2.34. The van der Waals surface area contributed by atoms with E-state index in [-0.39, 0.29) is 31.2 Å². The van der Waals surface area contributed by atoms with E-state index in [2.05, 4.69) is 10.6 Å². The molecule has 0 aromatic heterocycles. The Morgan fingerprint density at radius 2 is 1.89 bits per heavy atom. The van der Waals surface area contributed by atoms with Gasteiger partial charge in [0.1, 0.15) is 6.04 Å². The normalized spacial score (nSPS) is 11.2. The monoisotopic (exact) mass is 272 g/mol. The first-order valence-corrected chi connectivity index (χ1v) is 5.38. The van der Waals surface area contributed by atoms with E-state index in [0.29, 0.717) is 5.69 Å². The van der Waals surface area contributed by atoms with E-state index in [1.165, 1.54) is 0 Å². The minimum absolute atomic E-state index is 0. The quantitative estimate of drug-likeness (QED) is 0.733. The van der Waals surface area contributed by atoms with Gasteiger partial charge in [0.25, 0.3) is 0 Å². The lowest BCUT2D eigenvalue weighted by atomic mass is 10.1. The van der Waals surface area contributed by atoms with E-state index in [1.54, 1.807) is 19.2 Å². The number of para-hydroxylation sites is 1. The SMILES string of the molecule is CN[C@@H](CCC(=O)Nc1ccccc1)C(=O)O.Cl. The van der Waals surface area contributed by atoms with Gasteiger partial charge in [-0.2, -0.15) is 0 Å². The van der Waals surface area contributed by atoms with Crippen LogP contribution in [0.2, 0.25) is 0 Å². The Morgan fingerprint density at radius 1 is 1.28 bits per heavy atom. The summed E-state index contributed by atoms with van der Waals surface area (Å²) in [7, 11) is 1.56. The van der Waals surface area contributed by atoms with Crippen molar-refractivity contribution in [2.24, 2.45) is 0 Å². The topological polar surface area (TPSA) is 78.4 Å². The maximum atomic E-state index is 11.5. The van der Waals surface area contributed by atoms with Crippen molar-refractivity contribution in [3.05, 3.63) is 30.3 Å². The van der Waals surface area contributed by atoms with Crippen LogP contribution in [0.5, 0.6) is 0 Å². The van der Waals surface area contributed by atoms with Gasteiger partial charge in [-0.25, -0.2) is 0 Å². The largest absolute Gasteiger partial charge is 0.480 e. The van der Waals surface area contributed by atoms with E-state index in [1.807, 2.05) is 18.2 Å². The van der Waals surface area contributed by atoms with Crippen LogP contribution in [-0.2, 0) is 9.59 Å². The van der Waals surface area contributed by atoms with Crippen molar-refractivity contribution >= 4 is 30.0 Å². The van der Waals surface area contributed by atoms with Gasteiger partial charge in [-0.3, -0.25) is 9.59 Å². The Labute approximate surface area is 112 Å². The summed E-state index contributed by atoms with van der Waals surface area (Å²) in [5.74, 6) is -1.13. The Hall–Kier alpha value is -1.59. The van der Waals surface area contributed by atoms with Crippen LogP contribution in [0.4, 0.5) is 5.69 Å². The number of nitrogens with one attached hydrogen (secondary N) is 2. The molecule has 0 aliphatic heterocycles. The number of anilines is 1. The van der Waals surface area contributed by atoms with E-state index in [9.17, 15) is 9.59 Å². The first-order chi connectivity index (χ1) is 8.13. The van der Waals surface area contributed by atoms with E-state index < -0.39 is 12.0 Å². The smallest absolute Gasteiger partial charge is 0.320 e. The molecule has 5 nitrogen and oxygen atoms in total. The highest BCUT2D eigenvalue weighted by Crippen LogP contribution is 2.06. The molecule has 1 atom stereocenters. The first-order valence-electron chi connectivity index (χ1n) is 5.38. The van der Waals surface area contributed by atoms with Gasteiger partial charge in [-0.1, -0.05) is 18.2 Å². The maximum Gasteiger partial charge on any atom is 0.320 e. The van der Waals surface area contributed by atoms with Crippen molar-refractivity contribution in [3.63, 3.8) is 0 Å². The zero-order valence-electron chi connectivity index (χ0n) is 10.1. The van der Waals surface area contributed by atoms with Crippen molar-refractivity contribution in [2.75, 3.05) is 12.4 Å². The molecule has 1 amide bonds. The summed E-state index contributed by atoms with van der Waals surface area (Å²) in [6.45, 7) is 0. The molecule has 18 heavy (non-hydrogen) atoms. The second kappa shape index (κ2) is 8.49. The Balaban J connectivity index is 0.00000289. The summed E-state index contributed by atoms with van der Waals surface area (Å²) in [5.41, 5.74) is 0.717. The minimum Gasteiger partial charge on any atom is -0.480 e. The number of likely N-dealkylation sites (N-methyl/N-ethyl adjacent to an activating group) is 1. The molecular weight excluding hydrogens is 256 g/mol. The van der Waals surface area contributed by atoms with Crippen molar-refractivity contribution in [3.8, 4) is 0 Å². The second-order valence-electron chi connectivity index (χ2n) is 3.63. The Bertz CT molecular complexity index is 384. The average Bonchev–Trinajstić information content (AvgIpc) is 2.30. The number of halogens is 1. The molecule has 0 spiro atoms. The van der Waals surface area contributed by atoms with Crippen molar-refractivity contribution in [2.45, 2.75) is 18.9 Å². The standard InChI is InChI=1S/C12H16N2O3.ClH/c1-13-10(12(16)17)7-8-11(15)14-9-5-3-2-4-6-9;/h2-6,10,13H,7-8H2,1H3,(H,14,15)(H,16,17);1H/t10-;/m0./s1. The van der Waals surface area contributed by atoms with Gasteiger partial charge in [0.2, 0.25) is 5.91 Å². The third kappa shape index (κ3) is 5.65. The fourth-order valence-electron chi connectivity index (χ4n) is 1.41. The molecular formula is C12H17ClN2O3. The number of carboxylic acid groups (broad SMARTS) is 1. The molecule has 0 aliphatic carbocycles. The molecule has 0 aliphatic rings. The molecule has 100 valence electrons. The Kier molecular flexibility index (Phi) is 7.74. The van der Waals surface area contributed by atoms with Crippen LogP contribution >= 0.6 is 12.4 Å². The summed E-state index contributed by atoms with van der Waals surface area (Å²) in [6.07, 6.45) is 0.442. The van der Waals surface area contributed by atoms with Crippen LogP contribution in [-0.4, -0.2) is 30.1 Å². The van der Waals surface area contributed by atoms with Crippen LogP contribution in [0.1, 0.15) is 12.8 Å². The van der Waals surface area contributed by atoms with Gasteiger partial charge < -0.3 is 15.7 Å². The number of carbonyl (C=O) groups excluding carboxylic acids is 1. The number of hydrogen-bond acceptors (Lipinski definition) is 3. The molecule has 3 N–H and O–H groups in total. The van der Waals surface area contributed by atoms with Crippen molar-refractivity contribution < 1.29 is 14.7 Å². The Morgan fingerprint density at radius 3 is 2.39 bits per heavy atom. The van der Waals surface area contributed by atoms with Crippen molar-refractivity contribution in [1.82, 2.24) is 5.32 Å². The summed E-state index contributed by atoms with van der Waals surface area (Å²) in [5, 5.41) is 14.1. The number of aliphatic carboxylic acids is 1. The van der Waals surface area contributed by atoms with Crippen LogP contribution < -0.4 is 10.6 Å². The average molecular weight is 273 g/mol. The first kappa shape index (κ1) is 16.4. The summed E-state index contributed by atoms with van der Waals surface area (Å²) < 4.78 is 0. The zero-order valence-corrected chi connectivity index (χ0v) is 10.9. The molecule has 0 fully saturated rings. The van der Waals surface area contributed by atoms with Crippen LogP contribution in [0.3, 0.4) is 0 Å². The number of benzene rings is 1. The highest BCUT2D eigenvalue weighted by atomic mass is 35.5. The van der Waals surface area contributed by atoms with Crippen molar-refractivity contribution in [1.29, 1.82) is 0 Å². The molecule has 0 unspecified atom stereocenters. The fraction of sp³-hybridized carbons (Fsp3) is 0.333. The molecule has 0 bridgehead atoms. The second-order valence-corrected chi connectivity index (χ2v) is 3.63. The van der Waals surface area contributed by atoms with E-state index in [4.69, 9.17) is 5.11 Å².